The van der Waals surface area contributed by atoms with Gasteiger partial charge in [0.05, 0.1) is 15.6 Å². The molecule has 0 saturated heterocycles. The van der Waals surface area contributed by atoms with E-state index in [1.54, 1.807) is 12.1 Å². The molecule has 3 N–H and O–H groups in total. The van der Waals surface area contributed by atoms with Gasteiger partial charge in [0.2, 0.25) is 10.0 Å². The first-order valence-corrected chi connectivity index (χ1v) is 7.96. The summed E-state index contributed by atoms with van der Waals surface area (Å²) >= 11 is 6.06. The van der Waals surface area contributed by atoms with Crippen molar-refractivity contribution >= 4 is 27.3 Å². The summed E-state index contributed by atoms with van der Waals surface area (Å²) in [4.78, 5) is 0.0676. The molecule has 2 aromatic carbocycles. The minimum absolute atomic E-state index is 0.0676. The predicted octanol–water partition coefficient (Wildman–Crippen LogP) is 2.93. The van der Waals surface area contributed by atoms with Crippen molar-refractivity contribution in [1.29, 1.82) is 0 Å². The van der Waals surface area contributed by atoms with E-state index in [1.807, 2.05) is 13.0 Å². The molecule has 0 radical (unpaired) electrons. The van der Waals surface area contributed by atoms with Crippen LogP contribution in [0, 0.1) is 6.92 Å². The van der Waals surface area contributed by atoms with Crippen LogP contribution in [0.3, 0.4) is 0 Å². The Kier molecular flexibility index (Phi) is 4.41. The number of halogens is 1. The average molecular weight is 327 g/mol. The molecule has 0 bridgehead atoms. The van der Waals surface area contributed by atoms with E-state index in [9.17, 15) is 8.42 Å². The highest BCUT2D eigenvalue weighted by molar-refractivity contribution is 7.89. The number of nitrogens with one attached hydrogen (secondary N) is 1. The van der Waals surface area contributed by atoms with Crippen molar-refractivity contribution in [2.45, 2.75) is 11.8 Å². The highest BCUT2D eigenvalue weighted by Gasteiger charge is 2.15. The zero-order chi connectivity index (χ0) is 15.6. The van der Waals surface area contributed by atoms with Crippen LogP contribution in [0.5, 0.6) is 11.5 Å². The monoisotopic (exact) mass is 326 g/mol. The Morgan fingerprint density at radius 2 is 1.86 bits per heavy atom. The van der Waals surface area contributed by atoms with Gasteiger partial charge in [-0.3, -0.25) is 0 Å². The van der Waals surface area contributed by atoms with Crippen molar-refractivity contribution in [1.82, 2.24) is 4.72 Å². The standard InChI is InChI=1S/C14H15ClN2O3S/c1-9-3-5-11(15)13(7-9)20-14-8-10(4-6-12(14)16)21(18,19)17-2/h3-8,17H,16H2,1-2H3. The second-order valence-corrected chi connectivity index (χ2v) is 6.74. The fourth-order valence-corrected chi connectivity index (χ4v) is 2.60. The lowest BCUT2D eigenvalue weighted by atomic mass is 10.2. The van der Waals surface area contributed by atoms with E-state index in [0.717, 1.165) is 5.56 Å². The summed E-state index contributed by atoms with van der Waals surface area (Å²) in [5.74, 6) is 0.654. The third-order valence-electron chi connectivity index (χ3n) is 2.87. The summed E-state index contributed by atoms with van der Waals surface area (Å²) in [5.41, 5.74) is 7.11. The van der Waals surface area contributed by atoms with Crippen LogP contribution < -0.4 is 15.2 Å². The summed E-state index contributed by atoms with van der Waals surface area (Å²) in [6.07, 6.45) is 0. The molecule has 0 aromatic heterocycles. The van der Waals surface area contributed by atoms with Crippen LogP contribution >= 0.6 is 11.6 Å². The second kappa shape index (κ2) is 5.93. The molecular formula is C14H15ClN2O3S. The number of benzene rings is 2. The molecule has 0 amide bonds. The molecule has 0 fully saturated rings. The van der Waals surface area contributed by atoms with Gasteiger partial charge < -0.3 is 10.5 Å². The van der Waals surface area contributed by atoms with Gasteiger partial charge in [-0.25, -0.2) is 13.1 Å². The zero-order valence-electron chi connectivity index (χ0n) is 11.6. The third kappa shape index (κ3) is 3.47. The Hall–Kier alpha value is -1.76. The van der Waals surface area contributed by atoms with E-state index in [2.05, 4.69) is 4.72 Å². The molecule has 0 aliphatic carbocycles. The molecule has 2 rings (SSSR count). The molecule has 0 atom stereocenters. The first-order valence-electron chi connectivity index (χ1n) is 6.10. The van der Waals surface area contributed by atoms with Crippen LogP contribution in [0.15, 0.2) is 41.3 Å². The molecule has 0 heterocycles. The Labute approximate surface area is 128 Å². The minimum Gasteiger partial charge on any atom is -0.454 e. The fraction of sp³-hybridized carbons (Fsp3) is 0.143. The summed E-state index contributed by atoms with van der Waals surface area (Å²) < 4.78 is 31.5. The van der Waals surface area contributed by atoms with Crippen LogP contribution in [0.1, 0.15) is 5.56 Å². The number of hydrogen-bond acceptors (Lipinski definition) is 4. The number of hydrogen-bond donors (Lipinski definition) is 2. The van der Waals surface area contributed by atoms with Crippen LogP contribution in [-0.4, -0.2) is 15.5 Å². The normalized spacial score (nSPS) is 11.4. The van der Waals surface area contributed by atoms with Crippen molar-refractivity contribution in [3.63, 3.8) is 0 Å². The summed E-state index contributed by atoms with van der Waals surface area (Å²) in [7, 11) is -2.23. The minimum atomic E-state index is -3.57. The third-order valence-corrected chi connectivity index (χ3v) is 4.59. The maximum atomic E-state index is 11.8. The first-order chi connectivity index (χ1) is 9.83. The molecule has 5 nitrogen and oxygen atoms in total. The molecular weight excluding hydrogens is 312 g/mol. The lowest BCUT2D eigenvalue weighted by Gasteiger charge is -2.12. The number of sulfonamides is 1. The average Bonchev–Trinajstić information content (AvgIpc) is 2.45. The van der Waals surface area contributed by atoms with Gasteiger partial charge in [0.1, 0.15) is 5.75 Å². The van der Waals surface area contributed by atoms with Crippen molar-refractivity contribution in [3.05, 3.63) is 47.0 Å². The van der Waals surface area contributed by atoms with Crippen molar-refractivity contribution in [2.75, 3.05) is 12.8 Å². The topological polar surface area (TPSA) is 81.4 Å². The number of nitrogen functional groups attached to an aromatic ring is 1. The smallest absolute Gasteiger partial charge is 0.240 e. The zero-order valence-corrected chi connectivity index (χ0v) is 13.1. The lowest BCUT2D eigenvalue weighted by molar-refractivity contribution is 0.483. The van der Waals surface area contributed by atoms with Gasteiger partial charge in [-0.05, 0) is 43.8 Å². The van der Waals surface area contributed by atoms with Crippen molar-refractivity contribution in [3.8, 4) is 11.5 Å². The summed E-state index contributed by atoms with van der Waals surface area (Å²) in [5, 5.41) is 0.418. The Morgan fingerprint density at radius 1 is 1.14 bits per heavy atom. The van der Waals surface area contributed by atoms with Crippen molar-refractivity contribution < 1.29 is 13.2 Å². The molecule has 21 heavy (non-hydrogen) atoms. The fourth-order valence-electron chi connectivity index (χ4n) is 1.70. The molecule has 0 aliphatic rings. The molecule has 0 spiro atoms. The largest absolute Gasteiger partial charge is 0.454 e. The SMILES string of the molecule is CNS(=O)(=O)c1ccc(N)c(Oc2cc(C)ccc2Cl)c1. The van der Waals surface area contributed by atoms with Gasteiger partial charge in [0, 0.05) is 6.07 Å². The van der Waals surface area contributed by atoms with E-state index in [0.29, 0.717) is 16.5 Å². The molecule has 7 heteroatoms. The summed E-state index contributed by atoms with van der Waals surface area (Å²) in [6.45, 7) is 1.90. The quantitative estimate of drug-likeness (QED) is 0.846. The van der Waals surface area contributed by atoms with Gasteiger partial charge in [0.15, 0.2) is 5.75 Å². The van der Waals surface area contributed by atoms with E-state index in [1.165, 1.54) is 25.2 Å². The predicted molar refractivity (Wildman–Crippen MR) is 83.4 cm³/mol. The Bertz CT molecular complexity index is 776. The molecule has 0 unspecified atom stereocenters. The van der Waals surface area contributed by atoms with Gasteiger partial charge in [-0.2, -0.15) is 0 Å². The van der Waals surface area contributed by atoms with E-state index >= 15 is 0 Å². The van der Waals surface area contributed by atoms with Gasteiger partial charge in [0.25, 0.3) is 0 Å². The molecule has 112 valence electrons. The van der Waals surface area contributed by atoms with E-state index in [4.69, 9.17) is 22.1 Å². The van der Waals surface area contributed by atoms with Crippen molar-refractivity contribution in [2.24, 2.45) is 0 Å². The van der Waals surface area contributed by atoms with Crippen LogP contribution in [0.4, 0.5) is 5.69 Å². The number of rotatable bonds is 4. The highest BCUT2D eigenvalue weighted by Crippen LogP contribution is 2.34. The number of ether oxygens (including phenoxy) is 1. The molecule has 0 aliphatic heterocycles. The number of aryl methyl sites for hydroxylation is 1. The number of nitrogens with two attached hydrogens (primary N) is 1. The van der Waals surface area contributed by atoms with Gasteiger partial charge in [-0.15, -0.1) is 0 Å². The molecule has 0 saturated carbocycles. The van der Waals surface area contributed by atoms with Crippen LogP contribution in [0.25, 0.3) is 0 Å². The highest BCUT2D eigenvalue weighted by atomic mass is 35.5. The van der Waals surface area contributed by atoms with Crippen LogP contribution in [-0.2, 0) is 10.0 Å². The van der Waals surface area contributed by atoms with Crippen LogP contribution in [0.2, 0.25) is 5.02 Å². The summed E-state index contributed by atoms with van der Waals surface area (Å²) in [6, 6.07) is 9.55. The maximum Gasteiger partial charge on any atom is 0.240 e. The first kappa shape index (κ1) is 15.6. The van der Waals surface area contributed by atoms with Gasteiger partial charge >= 0.3 is 0 Å². The van der Waals surface area contributed by atoms with E-state index < -0.39 is 10.0 Å². The maximum absolute atomic E-state index is 11.8. The number of anilines is 1. The Morgan fingerprint density at radius 3 is 2.52 bits per heavy atom. The van der Waals surface area contributed by atoms with E-state index in [-0.39, 0.29) is 10.6 Å². The second-order valence-electron chi connectivity index (χ2n) is 4.44. The lowest BCUT2D eigenvalue weighted by Crippen LogP contribution is -2.18. The van der Waals surface area contributed by atoms with Gasteiger partial charge in [-0.1, -0.05) is 17.7 Å². The Balaban J connectivity index is 2.45. The molecule has 2 aromatic rings.